The summed E-state index contributed by atoms with van der Waals surface area (Å²) < 4.78 is 30.2. The molecule has 2 fully saturated rings. The molecule has 1 saturated heterocycles. The Morgan fingerprint density at radius 3 is 3.03 bits per heavy atom. The zero-order valence-corrected chi connectivity index (χ0v) is 21.5. The van der Waals surface area contributed by atoms with Gasteiger partial charge < -0.3 is 15.2 Å². The van der Waals surface area contributed by atoms with Crippen molar-refractivity contribution in [1.29, 1.82) is 0 Å². The summed E-state index contributed by atoms with van der Waals surface area (Å²) in [6.45, 7) is 0.906. The van der Waals surface area contributed by atoms with E-state index in [1.165, 1.54) is 36.0 Å². The van der Waals surface area contributed by atoms with Gasteiger partial charge in [-0.25, -0.2) is 19.2 Å². The van der Waals surface area contributed by atoms with Gasteiger partial charge in [-0.15, -0.1) is 0 Å². The first-order valence-electron chi connectivity index (χ1n) is 13.2. The second kappa shape index (κ2) is 9.17. The third-order valence-electron chi connectivity index (χ3n) is 8.21. The van der Waals surface area contributed by atoms with E-state index in [-0.39, 0.29) is 23.9 Å². The van der Waals surface area contributed by atoms with Crippen molar-refractivity contribution in [2.24, 2.45) is 11.8 Å². The predicted octanol–water partition coefficient (Wildman–Crippen LogP) is 3.82. The molecule has 2 aliphatic heterocycles. The van der Waals surface area contributed by atoms with Crippen LogP contribution in [0.2, 0.25) is 0 Å². The molecule has 3 unspecified atom stereocenters. The Bertz CT molecular complexity index is 1770. The van der Waals surface area contributed by atoms with E-state index in [0.29, 0.717) is 46.6 Å². The minimum Gasteiger partial charge on any atom is -0.482 e. The van der Waals surface area contributed by atoms with Crippen LogP contribution in [0.25, 0.3) is 16.6 Å². The zero-order valence-electron chi connectivity index (χ0n) is 21.5. The number of benzene rings is 2. The number of fused-ring (bicyclic) bond motifs is 6. The molecule has 2 bridgehead atoms. The summed E-state index contributed by atoms with van der Waals surface area (Å²) in [6.07, 6.45) is 8.27. The topological polar surface area (TPSA) is 94.8 Å². The van der Waals surface area contributed by atoms with Gasteiger partial charge in [0.2, 0.25) is 5.71 Å². The van der Waals surface area contributed by atoms with Crippen molar-refractivity contribution in [1.82, 2.24) is 14.4 Å². The molecule has 1 aliphatic carbocycles. The van der Waals surface area contributed by atoms with E-state index in [2.05, 4.69) is 21.8 Å². The molecular formula is C30H27FN5O3+. The number of carbonyl (C=O) groups is 1. The van der Waals surface area contributed by atoms with Crippen LogP contribution in [0.3, 0.4) is 0 Å². The van der Waals surface area contributed by atoms with Crippen LogP contribution < -0.4 is 10.5 Å². The summed E-state index contributed by atoms with van der Waals surface area (Å²) in [7, 11) is 1.63. The smallest absolute Gasteiger partial charge is 0.422 e. The second-order valence-electron chi connectivity index (χ2n) is 10.5. The SMILES string of the molecule is C[N+](C(=O)c1cc2c(cc1F)nc(N)c1cncn12)=C1COc2cc(C#CC3COC4CCCC3C4)ccc21. The third-order valence-corrected chi connectivity index (χ3v) is 8.21. The van der Waals surface area contributed by atoms with Crippen LogP contribution in [0, 0.1) is 29.5 Å². The number of hydrogen-bond donors (Lipinski definition) is 1. The lowest BCUT2D eigenvalue weighted by molar-refractivity contribution is -0.395. The lowest BCUT2D eigenvalue weighted by Crippen LogP contribution is -2.36. The number of nitrogens with two attached hydrogens (primary N) is 1. The highest BCUT2D eigenvalue weighted by Crippen LogP contribution is 2.36. The van der Waals surface area contributed by atoms with Crippen LogP contribution in [-0.2, 0) is 4.74 Å². The molecule has 2 aromatic heterocycles. The fraction of sp³-hybridized carbons (Fsp3) is 0.333. The lowest BCUT2D eigenvalue weighted by Gasteiger charge is -2.38. The summed E-state index contributed by atoms with van der Waals surface area (Å²) in [5.41, 5.74) is 9.68. The summed E-state index contributed by atoms with van der Waals surface area (Å²) in [5.74, 6) is 7.35. The summed E-state index contributed by atoms with van der Waals surface area (Å²) in [5, 5.41) is 0. The second-order valence-corrected chi connectivity index (χ2v) is 10.5. The standard InChI is InChI=1S/C30H26FN5O3/c1-35(30(37)22-11-25-24(12-23(22)31)34-29(32)26-13-33-16-36(25)26)27-15-39-28-9-17(6-8-21(27)28)5-7-19-14-38-20-4-2-3-18(19)10-20/h6,8-9,11-13,16,18-20H,2-4,10,14-15H2,1H3,(H-,32,34,37)/p+1. The average Bonchev–Trinajstić information content (AvgIpc) is 3.60. The van der Waals surface area contributed by atoms with Crippen LogP contribution >= 0.6 is 0 Å². The van der Waals surface area contributed by atoms with Crippen LogP contribution in [-0.4, -0.2) is 56.9 Å². The van der Waals surface area contributed by atoms with Crippen molar-refractivity contribution < 1.29 is 23.2 Å². The summed E-state index contributed by atoms with van der Waals surface area (Å²) in [6, 6.07) is 8.48. The molecular weight excluding hydrogens is 497 g/mol. The number of aromatic nitrogens is 3. The number of amides is 1. The number of nitrogen functional groups attached to an aromatic ring is 1. The van der Waals surface area contributed by atoms with E-state index in [1.807, 2.05) is 18.2 Å². The number of hydrogen-bond acceptors (Lipinski definition) is 6. The maximum absolute atomic E-state index is 15.1. The minimum absolute atomic E-state index is 0.0744. The molecule has 7 rings (SSSR count). The Kier molecular flexibility index (Phi) is 5.60. The van der Waals surface area contributed by atoms with Gasteiger partial charge in [-0.3, -0.25) is 4.40 Å². The maximum atomic E-state index is 15.1. The van der Waals surface area contributed by atoms with Gasteiger partial charge in [-0.05, 0) is 49.4 Å². The normalized spacial score (nSPS) is 23.2. The molecule has 1 saturated carbocycles. The van der Waals surface area contributed by atoms with Gasteiger partial charge >= 0.3 is 5.91 Å². The highest BCUT2D eigenvalue weighted by atomic mass is 19.1. The van der Waals surface area contributed by atoms with Crippen molar-refractivity contribution >= 4 is 34.0 Å². The molecule has 0 spiro atoms. The van der Waals surface area contributed by atoms with Crippen molar-refractivity contribution in [3.05, 3.63) is 65.4 Å². The number of imidazole rings is 1. The van der Waals surface area contributed by atoms with Gasteiger partial charge in [0.25, 0.3) is 0 Å². The minimum atomic E-state index is -0.674. The fourth-order valence-corrected chi connectivity index (χ4v) is 6.03. The molecule has 1 amide bonds. The van der Waals surface area contributed by atoms with E-state index in [1.54, 1.807) is 24.0 Å². The van der Waals surface area contributed by atoms with Crippen molar-refractivity contribution in [3.63, 3.8) is 0 Å². The number of halogens is 1. The largest absolute Gasteiger partial charge is 0.482 e. The van der Waals surface area contributed by atoms with E-state index in [0.717, 1.165) is 17.5 Å². The number of ether oxygens (including phenoxy) is 2. The molecule has 4 heterocycles. The van der Waals surface area contributed by atoms with Crippen molar-refractivity contribution in [3.8, 4) is 17.6 Å². The molecule has 8 nitrogen and oxygen atoms in total. The lowest BCUT2D eigenvalue weighted by atomic mass is 9.77. The van der Waals surface area contributed by atoms with Crippen LogP contribution in [0.4, 0.5) is 10.2 Å². The van der Waals surface area contributed by atoms with Gasteiger partial charge in [0.05, 0.1) is 41.8 Å². The highest BCUT2D eigenvalue weighted by Gasteiger charge is 2.34. The van der Waals surface area contributed by atoms with Gasteiger partial charge in [0.15, 0.2) is 6.61 Å². The number of rotatable bonds is 1. The Morgan fingerprint density at radius 1 is 1.23 bits per heavy atom. The van der Waals surface area contributed by atoms with Crippen molar-refractivity contribution in [2.45, 2.75) is 31.8 Å². The Labute approximate surface area is 224 Å². The molecule has 196 valence electrons. The van der Waals surface area contributed by atoms with Gasteiger partial charge in [-0.2, -0.15) is 4.58 Å². The first-order valence-corrected chi connectivity index (χ1v) is 13.2. The number of anilines is 1. The van der Waals surface area contributed by atoms with E-state index in [9.17, 15) is 4.79 Å². The Hall–Kier alpha value is -4.29. The number of nitrogens with zero attached hydrogens (tertiary/aromatic N) is 4. The van der Waals surface area contributed by atoms with Crippen LogP contribution in [0.5, 0.6) is 5.75 Å². The molecule has 9 heteroatoms. The molecule has 3 atom stereocenters. The van der Waals surface area contributed by atoms with Crippen molar-refractivity contribution in [2.75, 3.05) is 26.0 Å². The first kappa shape index (κ1) is 23.8. The van der Waals surface area contributed by atoms with E-state index < -0.39 is 11.7 Å². The molecule has 0 radical (unpaired) electrons. The average molecular weight is 525 g/mol. The highest BCUT2D eigenvalue weighted by molar-refractivity contribution is 6.07. The number of carbonyl (C=O) groups excluding carboxylic acids is 1. The first-order chi connectivity index (χ1) is 19.0. The Balaban J connectivity index is 1.19. The van der Waals surface area contributed by atoms with E-state index in [4.69, 9.17) is 15.2 Å². The molecule has 2 N–H and O–H groups in total. The van der Waals surface area contributed by atoms with Crippen LogP contribution in [0.15, 0.2) is 42.9 Å². The predicted molar refractivity (Wildman–Crippen MR) is 143 cm³/mol. The fourth-order valence-electron chi connectivity index (χ4n) is 6.03. The zero-order chi connectivity index (χ0) is 26.7. The van der Waals surface area contributed by atoms with Crippen LogP contribution in [0.1, 0.15) is 47.2 Å². The monoisotopic (exact) mass is 524 g/mol. The Morgan fingerprint density at radius 2 is 2.13 bits per heavy atom. The molecule has 3 aliphatic rings. The van der Waals surface area contributed by atoms with E-state index >= 15 is 4.39 Å². The molecule has 39 heavy (non-hydrogen) atoms. The molecule has 2 aromatic carbocycles. The summed E-state index contributed by atoms with van der Waals surface area (Å²) in [4.78, 5) is 21.9. The summed E-state index contributed by atoms with van der Waals surface area (Å²) >= 11 is 0. The maximum Gasteiger partial charge on any atom is 0.422 e. The van der Waals surface area contributed by atoms with Gasteiger partial charge in [-0.1, -0.05) is 18.3 Å². The van der Waals surface area contributed by atoms with Gasteiger partial charge in [0, 0.05) is 17.5 Å². The van der Waals surface area contributed by atoms with Gasteiger partial charge in [0.1, 0.15) is 35.5 Å². The third kappa shape index (κ3) is 4.03. The quantitative estimate of drug-likeness (QED) is 0.301. The molecule has 4 aromatic rings.